The molecule has 1 saturated heterocycles. The second-order valence-electron chi connectivity index (χ2n) is 7.02. The number of rotatable bonds is 6. The first-order valence-electron chi connectivity index (χ1n) is 9.05. The summed E-state index contributed by atoms with van der Waals surface area (Å²) in [5, 5.41) is 6.73. The maximum Gasteiger partial charge on any atom is 0.243 e. The topological polar surface area (TPSA) is 60.0 Å². The largest absolute Gasteiger partial charge is 0.357 e. The van der Waals surface area contributed by atoms with Crippen LogP contribution in [0.2, 0.25) is 0 Å². The van der Waals surface area contributed by atoms with Gasteiger partial charge in [0.15, 0.2) is 5.96 Å². The van der Waals surface area contributed by atoms with Crippen molar-refractivity contribution in [1.82, 2.24) is 20.4 Å². The summed E-state index contributed by atoms with van der Waals surface area (Å²) >= 11 is 0. The number of nitrogens with one attached hydrogen (secondary N) is 2. The highest BCUT2D eigenvalue weighted by molar-refractivity contribution is 14.0. The number of carbonyl (C=O) groups is 1. The molecule has 0 spiro atoms. The molecule has 140 valence electrons. The highest BCUT2D eigenvalue weighted by Crippen LogP contribution is 2.26. The maximum atomic E-state index is 11.7. The van der Waals surface area contributed by atoms with Gasteiger partial charge in [0.2, 0.25) is 5.91 Å². The fourth-order valence-electron chi connectivity index (χ4n) is 3.48. The van der Waals surface area contributed by atoms with Gasteiger partial charge in [0.05, 0.1) is 0 Å². The molecule has 24 heavy (non-hydrogen) atoms. The van der Waals surface area contributed by atoms with Gasteiger partial charge < -0.3 is 20.4 Å². The lowest BCUT2D eigenvalue weighted by molar-refractivity contribution is -0.127. The third kappa shape index (κ3) is 7.13. The summed E-state index contributed by atoms with van der Waals surface area (Å²) < 4.78 is 0. The Bertz CT molecular complexity index is 410. The molecule has 0 bridgehead atoms. The molecule has 2 fully saturated rings. The zero-order valence-corrected chi connectivity index (χ0v) is 17.7. The van der Waals surface area contributed by atoms with Crippen LogP contribution in [0.1, 0.15) is 39.0 Å². The lowest BCUT2D eigenvalue weighted by atomic mass is 10.1. The van der Waals surface area contributed by atoms with Gasteiger partial charge in [-0.3, -0.25) is 4.79 Å². The van der Waals surface area contributed by atoms with E-state index in [-0.39, 0.29) is 36.4 Å². The SMILES string of the molecule is CCNC(=NCC(=O)N(C)C)NC1CCN(CC2CCCC2)C1.I. The van der Waals surface area contributed by atoms with Gasteiger partial charge in [0, 0.05) is 46.3 Å². The molecule has 1 aliphatic heterocycles. The van der Waals surface area contributed by atoms with Crippen LogP contribution in [-0.4, -0.2) is 74.5 Å². The molecule has 2 aliphatic rings. The van der Waals surface area contributed by atoms with Gasteiger partial charge in [-0.25, -0.2) is 4.99 Å². The lowest BCUT2D eigenvalue weighted by Gasteiger charge is -2.21. The number of likely N-dealkylation sites (tertiary alicyclic amines) is 1. The molecule has 1 atom stereocenters. The molecule has 2 rings (SSSR count). The van der Waals surface area contributed by atoms with Gasteiger partial charge in [-0.05, 0) is 32.1 Å². The second kappa shape index (κ2) is 11.1. The first-order chi connectivity index (χ1) is 11.1. The molecule has 0 aromatic carbocycles. The van der Waals surface area contributed by atoms with Crippen LogP contribution in [0.15, 0.2) is 4.99 Å². The molecular formula is C17H34IN5O. The highest BCUT2D eigenvalue weighted by atomic mass is 127. The first-order valence-corrected chi connectivity index (χ1v) is 9.05. The fraction of sp³-hybridized carbons (Fsp3) is 0.882. The number of likely N-dealkylation sites (N-methyl/N-ethyl adjacent to an activating group) is 1. The smallest absolute Gasteiger partial charge is 0.243 e. The number of hydrogen-bond acceptors (Lipinski definition) is 3. The summed E-state index contributed by atoms with van der Waals surface area (Å²) in [4.78, 5) is 20.3. The molecule has 6 nitrogen and oxygen atoms in total. The normalized spacial score (nSPS) is 22.3. The van der Waals surface area contributed by atoms with Crippen molar-refractivity contribution in [2.45, 2.75) is 45.1 Å². The van der Waals surface area contributed by atoms with Crippen LogP contribution < -0.4 is 10.6 Å². The van der Waals surface area contributed by atoms with Crippen molar-refractivity contribution in [3.8, 4) is 0 Å². The molecule has 7 heteroatoms. The van der Waals surface area contributed by atoms with E-state index in [2.05, 4.69) is 20.5 Å². The van der Waals surface area contributed by atoms with Crippen LogP contribution in [0.5, 0.6) is 0 Å². The molecule has 1 saturated carbocycles. The van der Waals surface area contributed by atoms with E-state index in [1.807, 2.05) is 6.92 Å². The Morgan fingerprint density at radius 2 is 1.96 bits per heavy atom. The minimum atomic E-state index is 0. The van der Waals surface area contributed by atoms with E-state index >= 15 is 0 Å². The number of nitrogens with zero attached hydrogens (tertiary/aromatic N) is 3. The van der Waals surface area contributed by atoms with E-state index in [9.17, 15) is 4.79 Å². The van der Waals surface area contributed by atoms with Gasteiger partial charge in [-0.2, -0.15) is 0 Å². The van der Waals surface area contributed by atoms with E-state index in [4.69, 9.17) is 0 Å². The monoisotopic (exact) mass is 451 g/mol. The average Bonchev–Trinajstić information content (AvgIpc) is 3.17. The Balaban J connectivity index is 0.00000288. The molecule has 1 unspecified atom stereocenters. The van der Waals surface area contributed by atoms with E-state index in [1.165, 1.54) is 38.8 Å². The van der Waals surface area contributed by atoms with Crippen molar-refractivity contribution in [3.63, 3.8) is 0 Å². The molecule has 0 aromatic heterocycles. The Hall–Kier alpha value is -0.570. The number of guanidine groups is 1. The average molecular weight is 451 g/mol. The number of amides is 1. The zero-order valence-electron chi connectivity index (χ0n) is 15.4. The summed E-state index contributed by atoms with van der Waals surface area (Å²) in [6.07, 6.45) is 6.80. The Morgan fingerprint density at radius 1 is 1.25 bits per heavy atom. The van der Waals surface area contributed by atoms with Gasteiger partial charge in [0.1, 0.15) is 6.54 Å². The van der Waals surface area contributed by atoms with Crippen LogP contribution in [0.4, 0.5) is 0 Å². The van der Waals surface area contributed by atoms with Crippen molar-refractivity contribution in [3.05, 3.63) is 0 Å². The zero-order chi connectivity index (χ0) is 16.7. The van der Waals surface area contributed by atoms with E-state index in [0.29, 0.717) is 6.04 Å². The molecule has 0 radical (unpaired) electrons. The molecule has 1 aliphatic carbocycles. The van der Waals surface area contributed by atoms with Crippen molar-refractivity contribution in [1.29, 1.82) is 0 Å². The van der Waals surface area contributed by atoms with Gasteiger partial charge in [-0.1, -0.05) is 12.8 Å². The Labute approximate surface area is 163 Å². The molecular weight excluding hydrogens is 417 g/mol. The lowest BCUT2D eigenvalue weighted by Crippen LogP contribution is -2.45. The van der Waals surface area contributed by atoms with Gasteiger partial charge in [0.25, 0.3) is 0 Å². The molecule has 1 heterocycles. The van der Waals surface area contributed by atoms with Crippen LogP contribution in [0.25, 0.3) is 0 Å². The molecule has 0 aromatic rings. The maximum absolute atomic E-state index is 11.7. The third-order valence-electron chi connectivity index (χ3n) is 4.82. The van der Waals surface area contributed by atoms with Gasteiger partial charge >= 0.3 is 0 Å². The van der Waals surface area contributed by atoms with Crippen molar-refractivity contribution in [2.75, 3.05) is 46.8 Å². The Morgan fingerprint density at radius 3 is 2.58 bits per heavy atom. The number of aliphatic imine (C=N–C) groups is 1. The van der Waals surface area contributed by atoms with Crippen LogP contribution in [0, 0.1) is 5.92 Å². The number of halogens is 1. The summed E-state index contributed by atoms with van der Waals surface area (Å²) in [5.41, 5.74) is 0. The highest BCUT2D eigenvalue weighted by Gasteiger charge is 2.26. The van der Waals surface area contributed by atoms with Crippen LogP contribution in [-0.2, 0) is 4.79 Å². The predicted octanol–water partition coefficient (Wildman–Crippen LogP) is 1.51. The van der Waals surface area contributed by atoms with E-state index < -0.39 is 0 Å². The van der Waals surface area contributed by atoms with Crippen LogP contribution >= 0.6 is 24.0 Å². The minimum absolute atomic E-state index is 0. The number of hydrogen-bond donors (Lipinski definition) is 2. The summed E-state index contributed by atoms with van der Waals surface area (Å²) in [6.45, 7) is 6.56. The van der Waals surface area contributed by atoms with Crippen molar-refractivity contribution < 1.29 is 4.79 Å². The predicted molar refractivity (Wildman–Crippen MR) is 110 cm³/mol. The fourth-order valence-corrected chi connectivity index (χ4v) is 3.48. The first kappa shape index (κ1) is 21.5. The van der Waals surface area contributed by atoms with E-state index in [1.54, 1.807) is 19.0 Å². The van der Waals surface area contributed by atoms with Crippen molar-refractivity contribution >= 4 is 35.8 Å². The summed E-state index contributed by atoms with van der Waals surface area (Å²) in [5.74, 6) is 1.69. The second-order valence-corrected chi connectivity index (χ2v) is 7.02. The van der Waals surface area contributed by atoms with Crippen LogP contribution in [0.3, 0.4) is 0 Å². The van der Waals surface area contributed by atoms with Crippen molar-refractivity contribution in [2.24, 2.45) is 10.9 Å². The quantitative estimate of drug-likeness (QED) is 0.365. The van der Waals surface area contributed by atoms with E-state index in [0.717, 1.165) is 31.4 Å². The van der Waals surface area contributed by atoms with Gasteiger partial charge in [-0.15, -0.1) is 24.0 Å². The third-order valence-corrected chi connectivity index (χ3v) is 4.82. The Kier molecular flexibility index (Phi) is 9.95. The molecule has 1 amide bonds. The standard InChI is InChI=1S/C17H33N5O.HI/c1-4-18-17(19-11-16(23)21(2)3)20-15-9-10-22(13-15)12-14-7-5-6-8-14;/h14-15H,4-13H2,1-3H3,(H2,18,19,20);1H. The number of carbonyl (C=O) groups excluding carboxylic acids is 1. The summed E-state index contributed by atoms with van der Waals surface area (Å²) in [7, 11) is 3.52. The molecule has 2 N–H and O–H groups in total. The summed E-state index contributed by atoms with van der Waals surface area (Å²) in [6, 6.07) is 0.434. The minimum Gasteiger partial charge on any atom is -0.357 e.